The van der Waals surface area contributed by atoms with Gasteiger partial charge in [0.1, 0.15) is 0 Å². The van der Waals surface area contributed by atoms with Crippen molar-refractivity contribution in [3.63, 3.8) is 0 Å². The van der Waals surface area contributed by atoms with E-state index in [1.165, 1.54) is 11.8 Å². The second-order valence-corrected chi connectivity index (χ2v) is 10.3. The van der Waals surface area contributed by atoms with Crippen molar-refractivity contribution in [3.8, 4) is 0 Å². The van der Waals surface area contributed by atoms with Gasteiger partial charge in [-0.1, -0.05) is 66.7 Å². The van der Waals surface area contributed by atoms with Crippen LogP contribution in [-0.2, 0) is 33.6 Å². The molecule has 1 heterocycles. The summed E-state index contributed by atoms with van der Waals surface area (Å²) in [6.07, 6.45) is -0.168. The number of benzene rings is 2. The summed E-state index contributed by atoms with van der Waals surface area (Å²) in [6.45, 7) is -0.379. The van der Waals surface area contributed by atoms with Crippen molar-refractivity contribution in [1.29, 1.82) is 0 Å². The van der Waals surface area contributed by atoms with Crippen LogP contribution in [0.1, 0.15) is 16.7 Å². The molecule has 0 bridgehead atoms. The highest BCUT2D eigenvalue weighted by Crippen LogP contribution is 2.20. The van der Waals surface area contributed by atoms with Crippen molar-refractivity contribution < 1.29 is 27.6 Å². The molecule has 11 heteroatoms. The standard InChI is InChI=1S/C29H31F3N4O3S/c30-29(31,32)28(39)35-19-26(37)36-24(16-21-8-3-1-4-9-21)20-40-25(17-22-10-5-2-6-11-22)27(38)34-15-13-23-12-7-14-33-18-23/h1-12,14,18,24-25H,13,15-17,19-20H2,(H,34,38)(H,35,39)(H,36,37)/t24-,25+/m0/s1. The number of hydrogen-bond donors (Lipinski definition) is 3. The number of hydrogen-bond acceptors (Lipinski definition) is 5. The Balaban J connectivity index is 1.65. The Hall–Kier alpha value is -3.86. The van der Waals surface area contributed by atoms with Crippen molar-refractivity contribution in [2.75, 3.05) is 18.8 Å². The molecule has 2 aromatic carbocycles. The van der Waals surface area contributed by atoms with Crippen molar-refractivity contribution in [1.82, 2.24) is 20.9 Å². The van der Waals surface area contributed by atoms with E-state index < -0.39 is 35.8 Å². The van der Waals surface area contributed by atoms with E-state index in [4.69, 9.17) is 0 Å². The fourth-order valence-electron chi connectivity index (χ4n) is 3.87. The highest BCUT2D eigenvalue weighted by atomic mass is 32.2. The molecule has 0 saturated heterocycles. The molecule has 0 aliphatic heterocycles. The van der Waals surface area contributed by atoms with E-state index in [1.807, 2.05) is 72.8 Å². The van der Waals surface area contributed by atoms with Gasteiger partial charge in [-0.25, -0.2) is 0 Å². The molecule has 3 rings (SSSR count). The van der Waals surface area contributed by atoms with E-state index in [9.17, 15) is 27.6 Å². The first-order valence-corrected chi connectivity index (χ1v) is 13.8. The van der Waals surface area contributed by atoms with Gasteiger partial charge in [-0.05, 0) is 42.0 Å². The van der Waals surface area contributed by atoms with Gasteiger partial charge >= 0.3 is 12.1 Å². The lowest BCUT2D eigenvalue weighted by Crippen LogP contribution is -2.47. The van der Waals surface area contributed by atoms with Crippen LogP contribution < -0.4 is 16.0 Å². The van der Waals surface area contributed by atoms with Crippen molar-refractivity contribution in [2.24, 2.45) is 0 Å². The zero-order valence-corrected chi connectivity index (χ0v) is 22.5. The van der Waals surface area contributed by atoms with Gasteiger partial charge in [0.2, 0.25) is 11.8 Å². The van der Waals surface area contributed by atoms with Crippen molar-refractivity contribution in [2.45, 2.75) is 36.7 Å². The molecule has 0 radical (unpaired) electrons. The van der Waals surface area contributed by atoms with Gasteiger partial charge in [0.25, 0.3) is 0 Å². The minimum Gasteiger partial charge on any atom is -0.355 e. The van der Waals surface area contributed by atoms with Crippen LogP contribution in [0.4, 0.5) is 13.2 Å². The van der Waals surface area contributed by atoms with Gasteiger partial charge in [0.05, 0.1) is 11.8 Å². The van der Waals surface area contributed by atoms with Gasteiger partial charge in [0, 0.05) is 30.7 Å². The molecule has 7 nitrogen and oxygen atoms in total. The average molecular weight is 573 g/mol. The number of carbonyl (C=O) groups excluding carboxylic acids is 3. The predicted octanol–water partition coefficient (Wildman–Crippen LogP) is 3.49. The number of halogens is 3. The summed E-state index contributed by atoms with van der Waals surface area (Å²) in [5.74, 6) is -2.76. The molecule has 212 valence electrons. The number of rotatable bonds is 14. The zero-order valence-electron chi connectivity index (χ0n) is 21.7. The third-order valence-electron chi connectivity index (χ3n) is 5.85. The average Bonchev–Trinajstić information content (AvgIpc) is 2.95. The van der Waals surface area contributed by atoms with Crippen LogP contribution in [0, 0.1) is 0 Å². The molecule has 0 unspecified atom stereocenters. The summed E-state index contributed by atoms with van der Waals surface area (Å²) in [4.78, 5) is 40.9. The number of carbonyl (C=O) groups is 3. The number of nitrogens with one attached hydrogen (secondary N) is 3. The third kappa shape index (κ3) is 11.1. The summed E-state index contributed by atoms with van der Waals surface area (Å²) in [5, 5.41) is 6.82. The van der Waals surface area contributed by atoms with Gasteiger partial charge in [0.15, 0.2) is 0 Å². The number of amides is 3. The summed E-state index contributed by atoms with van der Waals surface area (Å²) >= 11 is 1.36. The molecular weight excluding hydrogens is 541 g/mol. The smallest absolute Gasteiger partial charge is 0.355 e. The molecule has 0 aliphatic rings. The summed E-state index contributed by atoms with van der Waals surface area (Å²) in [6, 6.07) is 22.1. The minimum atomic E-state index is -5.07. The van der Waals surface area contributed by atoms with E-state index in [2.05, 4.69) is 15.6 Å². The Labute approximate surface area is 235 Å². The monoisotopic (exact) mass is 572 g/mol. The second kappa shape index (κ2) is 15.7. The van der Waals surface area contributed by atoms with Crippen LogP contribution >= 0.6 is 11.8 Å². The molecule has 0 aliphatic carbocycles. The maximum atomic E-state index is 13.2. The fraction of sp³-hybridized carbons (Fsp3) is 0.310. The first kappa shape index (κ1) is 30.7. The molecule has 1 aromatic heterocycles. The number of pyridine rings is 1. The van der Waals surface area contributed by atoms with Crippen LogP contribution in [0.5, 0.6) is 0 Å². The molecule has 3 aromatic rings. The quantitative estimate of drug-likeness (QED) is 0.275. The lowest BCUT2D eigenvalue weighted by atomic mass is 10.1. The van der Waals surface area contributed by atoms with Crippen LogP contribution in [0.2, 0.25) is 0 Å². The lowest BCUT2D eigenvalue weighted by molar-refractivity contribution is -0.173. The van der Waals surface area contributed by atoms with Crippen molar-refractivity contribution in [3.05, 3.63) is 102 Å². The van der Waals surface area contributed by atoms with Crippen LogP contribution in [0.25, 0.3) is 0 Å². The normalized spacial score (nSPS) is 12.7. The van der Waals surface area contributed by atoms with E-state index in [1.54, 1.807) is 17.7 Å². The van der Waals surface area contributed by atoms with Crippen LogP contribution in [0.15, 0.2) is 85.2 Å². The van der Waals surface area contributed by atoms with E-state index >= 15 is 0 Å². The molecule has 40 heavy (non-hydrogen) atoms. The largest absolute Gasteiger partial charge is 0.471 e. The number of alkyl halides is 3. The first-order valence-electron chi connectivity index (χ1n) is 12.7. The highest BCUT2D eigenvalue weighted by Gasteiger charge is 2.38. The minimum absolute atomic E-state index is 0.153. The Morgan fingerprint density at radius 3 is 2.05 bits per heavy atom. The lowest BCUT2D eigenvalue weighted by Gasteiger charge is -2.23. The van der Waals surface area contributed by atoms with Gasteiger partial charge < -0.3 is 16.0 Å². The second-order valence-electron chi connectivity index (χ2n) is 9.05. The van der Waals surface area contributed by atoms with Crippen molar-refractivity contribution >= 4 is 29.5 Å². The van der Waals surface area contributed by atoms with Gasteiger partial charge in [-0.3, -0.25) is 19.4 Å². The Morgan fingerprint density at radius 1 is 0.825 bits per heavy atom. The highest BCUT2D eigenvalue weighted by molar-refractivity contribution is 8.00. The number of thioether (sulfide) groups is 1. The van der Waals surface area contributed by atoms with E-state index in [0.29, 0.717) is 31.6 Å². The summed E-state index contributed by atoms with van der Waals surface area (Å²) in [7, 11) is 0. The SMILES string of the molecule is O=C(CNC(=O)C(F)(F)F)N[C@H](CS[C@H](Cc1ccccc1)C(=O)NCCc1cccnc1)Cc1ccccc1. The molecule has 3 N–H and O–H groups in total. The number of aromatic nitrogens is 1. The zero-order chi connectivity index (χ0) is 28.8. The Morgan fingerprint density at radius 2 is 1.45 bits per heavy atom. The maximum absolute atomic E-state index is 13.2. The fourth-order valence-corrected chi connectivity index (χ4v) is 5.08. The maximum Gasteiger partial charge on any atom is 0.471 e. The molecular formula is C29H31F3N4O3S. The third-order valence-corrected chi connectivity index (χ3v) is 7.23. The first-order chi connectivity index (χ1) is 19.2. The Kier molecular flexibility index (Phi) is 12.0. The number of nitrogens with zero attached hydrogens (tertiary/aromatic N) is 1. The summed E-state index contributed by atoms with van der Waals surface area (Å²) < 4.78 is 37.5. The topological polar surface area (TPSA) is 100 Å². The molecule has 3 amide bonds. The molecule has 2 atom stereocenters. The Bertz CT molecular complexity index is 1220. The predicted molar refractivity (Wildman–Crippen MR) is 148 cm³/mol. The van der Waals surface area contributed by atoms with Crippen LogP contribution in [-0.4, -0.2) is 59.0 Å². The van der Waals surface area contributed by atoms with Gasteiger partial charge in [-0.2, -0.15) is 13.2 Å². The molecule has 0 saturated carbocycles. The summed E-state index contributed by atoms with van der Waals surface area (Å²) in [5.41, 5.74) is 2.88. The van der Waals surface area contributed by atoms with Crippen LogP contribution in [0.3, 0.4) is 0 Å². The molecule has 0 spiro atoms. The van der Waals surface area contributed by atoms with Gasteiger partial charge in [-0.15, -0.1) is 11.8 Å². The molecule has 0 fully saturated rings. The van der Waals surface area contributed by atoms with E-state index in [0.717, 1.165) is 16.7 Å². The van der Waals surface area contributed by atoms with E-state index in [-0.39, 0.29) is 5.91 Å².